The number of fused-ring (bicyclic) bond motifs is 4. The largest absolute Gasteiger partial charge is 0.464 e. The van der Waals surface area contributed by atoms with Gasteiger partial charge in [-0.2, -0.15) is 0 Å². The van der Waals surface area contributed by atoms with Gasteiger partial charge < -0.3 is 23.9 Å². The van der Waals surface area contributed by atoms with Gasteiger partial charge in [-0.3, -0.25) is 9.59 Å². The van der Waals surface area contributed by atoms with Crippen LogP contribution in [-0.4, -0.2) is 24.8 Å². The Morgan fingerprint density at radius 1 is 1.06 bits per heavy atom. The molecule has 0 bridgehead atoms. The molecule has 1 aliphatic heterocycles. The number of furan rings is 1. The van der Waals surface area contributed by atoms with Crippen LogP contribution in [0, 0.1) is 0 Å². The summed E-state index contributed by atoms with van der Waals surface area (Å²) >= 11 is 0. The molecule has 0 unspecified atom stereocenters. The smallest absolute Gasteiger partial charge is 0.311 e. The maximum absolute atomic E-state index is 12.5. The molecule has 0 spiro atoms. The molecule has 5 rings (SSSR count). The summed E-state index contributed by atoms with van der Waals surface area (Å²) in [6, 6.07) is 17.2. The molecule has 162 valence electrons. The molecule has 4 aromatic rings. The minimum absolute atomic E-state index is 0.0147. The Bertz CT molecular complexity index is 1320. The molecule has 1 N–H and O–H groups in total. The molecule has 7 heteroatoms. The lowest BCUT2D eigenvalue weighted by Gasteiger charge is -2.13. The van der Waals surface area contributed by atoms with Crippen molar-refractivity contribution in [2.24, 2.45) is 0 Å². The van der Waals surface area contributed by atoms with Gasteiger partial charge in [-0.15, -0.1) is 0 Å². The summed E-state index contributed by atoms with van der Waals surface area (Å²) in [6.45, 7) is 2.03. The van der Waals surface area contributed by atoms with E-state index in [2.05, 4.69) is 5.32 Å². The van der Waals surface area contributed by atoms with Crippen molar-refractivity contribution >= 4 is 33.6 Å². The Hall–Kier alpha value is -4.00. The maximum atomic E-state index is 12.5. The Morgan fingerprint density at radius 3 is 2.81 bits per heavy atom. The minimum atomic E-state index is -0.925. The van der Waals surface area contributed by atoms with Crippen molar-refractivity contribution in [2.45, 2.75) is 26.0 Å². The predicted molar refractivity (Wildman–Crippen MR) is 117 cm³/mol. The first-order valence-electron chi connectivity index (χ1n) is 10.3. The molecule has 0 saturated carbocycles. The van der Waals surface area contributed by atoms with Crippen LogP contribution in [0.15, 0.2) is 65.3 Å². The van der Waals surface area contributed by atoms with E-state index in [-0.39, 0.29) is 25.7 Å². The van der Waals surface area contributed by atoms with Crippen molar-refractivity contribution in [1.82, 2.24) is 5.32 Å². The predicted octanol–water partition coefficient (Wildman–Crippen LogP) is 4.11. The number of ether oxygens (including phenoxy) is 3. The van der Waals surface area contributed by atoms with Crippen molar-refractivity contribution in [3.05, 3.63) is 72.0 Å². The van der Waals surface area contributed by atoms with Crippen molar-refractivity contribution in [3.8, 4) is 11.5 Å². The molecule has 0 fully saturated rings. The van der Waals surface area contributed by atoms with Gasteiger partial charge in [-0.25, -0.2) is 0 Å². The quantitative estimate of drug-likeness (QED) is 0.463. The van der Waals surface area contributed by atoms with Crippen LogP contribution < -0.4 is 14.8 Å². The first kappa shape index (κ1) is 19.9. The van der Waals surface area contributed by atoms with Gasteiger partial charge in [-0.05, 0) is 41.5 Å². The number of benzene rings is 3. The van der Waals surface area contributed by atoms with E-state index in [0.29, 0.717) is 17.1 Å². The first-order valence-corrected chi connectivity index (χ1v) is 10.3. The molecule has 1 aromatic heterocycles. The Kier molecular flexibility index (Phi) is 5.15. The van der Waals surface area contributed by atoms with Gasteiger partial charge in [-0.1, -0.05) is 36.4 Å². The van der Waals surface area contributed by atoms with E-state index in [1.807, 2.05) is 48.5 Å². The van der Waals surface area contributed by atoms with Crippen LogP contribution in [0.1, 0.15) is 18.1 Å². The third-order valence-electron chi connectivity index (χ3n) is 5.46. The van der Waals surface area contributed by atoms with Gasteiger partial charge >= 0.3 is 5.97 Å². The monoisotopic (exact) mass is 431 g/mol. The zero-order valence-electron chi connectivity index (χ0n) is 17.4. The summed E-state index contributed by atoms with van der Waals surface area (Å²) < 4.78 is 21.6. The molecule has 0 radical (unpaired) electrons. The van der Waals surface area contributed by atoms with Crippen molar-refractivity contribution in [2.75, 3.05) is 6.79 Å². The molecular weight excluding hydrogens is 410 g/mol. The Balaban J connectivity index is 1.21. The van der Waals surface area contributed by atoms with Crippen LogP contribution in [0.3, 0.4) is 0 Å². The van der Waals surface area contributed by atoms with Gasteiger partial charge in [0.15, 0.2) is 17.6 Å². The molecular formula is C25H21NO6. The number of amides is 1. The number of carbonyl (C=O) groups excluding carboxylic acids is 2. The molecule has 0 saturated heterocycles. The molecule has 0 aliphatic carbocycles. The van der Waals surface area contributed by atoms with Crippen LogP contribution in [0.4, 0.5) is 0 Å². The lowest BCUT2D eigenvalue weighted by molar-refractivity contribution is -0.154. The zero-order valence-corrected chi connectivity index (χ0v) is 17.4. The van der Waals surface area contributed by atoms with Gasteiger partial charge in [0.05, 0.1) is 12.7 Å². The van der Waals surface area contributed by atoms with Crippen LogP contribution in [-0.2, 0) is 27.3 Å². The second kappa shape index (κ2) is 8.26. The van der Waals surface area contributed by atoms with E-state index in [4.69, 9.17) is 18.6 Å². The molecule has 1 atom stereocenters. The molecule has 7 nitrogen and oxygen atoms in total. The van der Waals surface area contributed by atoms with Crippen LogP contribution in [0.5, 0.6) is 11.5 Å². The van der Waals surface area contributed by atoms with E-state index in [9.17, 15) is 9.59 Å². The lowest BCUT2D eigenvalue weighted by Crippen LogP contribution is -2.35. The summed E-state index contributed by atoms with van der Waals surface area (Å²) in [4.78, 5) is 24.9. The zero-order chi connectivity index (χ0) is 22.1. The van der Waals surface area contributed by atoms with Crippen LogP contribution in [0.2, 0.25) is 0 Å². The van der Waals surface area contributed by atoms with Gasteiger partial charge in [0, 0.05) is 17.5 Å². The summed E-state index contributed by atoms with van der Waals surface area (Å²) in [5, 5.41) is 5.74. The van der Waals surface area contributed by atoms with Crippen molar-refractivity contribution in [3.63, 3.8) is 0 Å². The van der Waals surface area contributed by atoms with Crippen molar-refractivity contribution in [1.29, 1.82) is 0 Å². The third-order valence-corrected chi connectivity index (χ3v) is 5.46. The SMILES string of the molecule is C[C@H](OC(=O)Cc1coc2ccc3ccccc3c12)C(=O)NCc1ccc2c(c1)OCO2. The minimum Gasteiger partial charge on any atom is -0.464 e. The van der Waals surface area contributed by atoms with Crippen LogP contribution in [0.25, 0.3) is 21.7 Å². The highest BCUT2D eigenvalue weighted by Crippen LogP contribution is 2.32. The van der Waals surface area contributed by atoms with Gasteiger partial charge in [0.25, 0.3) is 5.91 Å². The van der Waals surface area contributed by atoms with Gasteiger partial charge in [0.1, 0.15) is 5.58 Å². The second-order valence-electron chi connectivity index (χ2n) is 7.64. The summed E-state index contributed by atoms with van der Waals surface area (Å²) in [5.74, 6) is 0.461. The fourth-order valence-electron chi connectivity index (χ4n) is 3.84. The standard InChI is InChI=1S/C25H21NO6/c1-15(25(28)26-12-16-6-8-20-22(10-16)31-14-30-20)32-23(27)11-18-13-29-21-9-7-17-4-2-3-5-19(17)24(18)21/h2-10,13,15H,11-12,14H2,1H3,(H,26,28)/t15-/m0/s1. The van der Waals surface area contributed by atoms with Crippen LogP contribution >= 0.6 is 0 Å². The summed E-state index contributed by atoms with van der Waals surface area (Å²) in [6.07, 6.45) is 0.662. The van der Waals surface area contributed by atoms with Crippen molar-refractivity contribution < 1.29 is 28.2 Å². The van der Waals surface area contributed by atoms with E-state index >= 15 is 0 Å². The van der Waals surface area contributed by atoms with E-state index in [1.54, 1.807) is 19.3 Å². The fraction of sp³-hybridized carbons (Fsp3) is 0.200. The molecule has 1 aliphatic rings. The van der Waals surface area contributed by atoms with E-state index < -0.39 is 12.1 Å². The average Bonchev–Trinajstić information content (AvgIpc) is 3.44. The molecule has 1 amide bonds. The Morgan fingerprint density at radius 2 is 1.91 bits per heavy atom. The topological polar surface area (TPSA) is 87.0 Å². The highest BCUT2D eigenvalue weighted by molar-refractivity contribution is 6.08. The molecule has 32 heavy (non-hydrogen) atoms. The third kappa shape index (κ3) is 3.85. The highest BCUT2D eigenvalue weighted by Gasteiger charge is 2.20. The number of carbonyl (C=O) groups is 2. The number of hydrogen-bond donors (Lipinski definition) is 1. The summed E-state index contributed by atoms with van der Waals surface area (Å²) in [5.41, 5.74) is 2.30. The summed E-state index contributed by atoms with van der Waals surface area (Å²) in [7, 11) is 0. The number of nitrogens with one attached hydrogen (secondary N) is 1. The molecule has 2 heterocycles. The number of rotatable bonds is 6. The maximum Gasteiger partial charge on any atom is 0.311 e. The average molecular weight is 431 g/mol. The van der Waals surface area contributed by atoms with E-state index in [1.165, 1.54) is 0 Å². The first-order chi connectivity index (χ1) is 15.6. The number of esters is 1. The second-order valence-corrected chi connectivity index (χ2v) is 7.64. The Labute approximate surface area is 183 Å². The van der Waals surface area contributed by atoms with Gasteiger partial charge in [0.2, 0.25) is 6.79 Å². The highest BCUT2D eigenvalue weighted by atomic mass is 16.7. The molecule has 3 aromatic carbocycles. The lowest BCUT2D eigenvalue weighted by atomic mass is 10.0. The number of hydrogen-bond acceptors (Lipinski definition) is 6. The normalized spacial score (nSPS) is 13.3. The van der Waals surface area contributed by atoms with E-state index in [0.717, 1.165) is 27.3 Å². The fourth-order valence-corrected chi connectivity index (χ4v) is 3.84.